The molecule has 1 saturated heterocycles. The number of halogens is 4. The van der Waals surface area contributed by atoms with Crippen LogP contribution in [0, 0.1) is 6.92 Å². The van der Waals surface area contributed by atoms with E-state index in [2.05, 4.69) is 14.9 Å². The van der Waals surface area contributed by atoms with Gasteiger partial charge in [0, 0.05) is 29.2 Å². The van der Waals surface area contributed by atoms with E-state index in [9.17, 15) is 18.0 Å². The van der Waals surface area contributed by atoms with E-state index in [0.717, 1.165) is 11.3 Å². The third kappa shape index (κ3) is 4.25. The van der Waals surface area contributed by atoms with Crippen molar-refractivity contribution in [1.82, 2.24) is 10.1 Å². The molecule has 10 heteroatoms. The van der Waals surface area contributed by atoms with E-state index in [-0.39, 0.29) is 29.8 Å². The number of carbonyl (C=O) groups excluding carboxylic acids is 1. The second-order valence-corrected chi connectivity index (χ2v) is 7.27. The average Bonchev–Trinajstić information content (AvgIpc) is 3.30. The molecule has 0 spiro atoms. The monoisotopic (exact) mass is 437 g/mol. The minimum atomic E-state index is -4.76. The van der Waals surface area contributed by atoms with Gasteiger partial charge in [0.15, 0.2) is 0 Å². The van der Waals surface area contributed by atoms with Crippen LogP contribution in [0.5, 0.6) is 5.75 Å². The van der Waals surface area contributed by atoms with Crippen LogP contribution in [0.1, 0.15) is 23.8 Å². The van der Waals surface area contributed by atoms with Gasteiger partial charge in [0.2, 0.25) is 17.6 Å². The highest BCUT2D eigenvalue weighted by molar-refractivity contribution is 6.31. The van der Waals surface area contributed by atoms with Crippen molar-refractivity contribution in [2.75, 3.05) is 11.4 Å². The number of rotatable bonds is 4. The molecular weight excluding hydrogens is 423 g/mol. The zero-order valence-electron chi connectivity index (χ0n) is 15.6. The Kier molecular flexibility index (Phi) is 5.15. The fraction of sp³-hybridized carbons (Fsp3) is 0.250. The van der Waals surface area contributed by atoms with E-state index in [0.29, 0.717) is 23.0 Å². The van der Waals surface area contributed by atoms with Gasteiger partial charge in [-0.2, -0.15) is 4.98 Å². The number of nitrogens with zero attached hydrogens (tertiary/aromatic N) is 3. The van der Waals surface area contributed by atoms with Gasteiger partial charge in [0.25, 0.3) is 0 Å². The van der Waals surface area contributed by atoms with Gasteiger partial charge < -0.3 is 14.2 Å². The molecule has 1 aliphatic heterocycles. The van der Waals surface area contributed by atoms with E-state index in [4.69, 9.17) is 16.1 Å². The summed E-state index contributed by atoms with van der Waals surface area (Å²) in [4.78, 5) is 18.4. The first kappa shape index (κ1) is 20.2. The number of aromatic nitrogens is 2. The van der Waals surface area contributed by atoms with Crippen LogP contribution in [-0.2, 0) is 4.79 Å². The van der Waals surface area contributed by atoms with E-state index in [1.165, 1.54) is 24.3 Å². The van der Waals surface area contributed by atoms with Crippen LogP contribution in [0.3, 0.4) is 0 Å². The van der Waals surface area contributed by atoms with E-state index < -0.39 is 6.36 Å². The average molecular weight is 438 g/mol. The third-order valence-electron chi connectivity index (χ3n) is 4.72. The van der Waals surface area contributed by atoms with Crippen molar-refractivity contribution in [2.45, 2.75) is 25.6 Å². The summed E-state index contributed by atoms with van der Waals surface area (Å²) in [6.07, 6.45) is -4.55. The van der Waals surface area contributed by atoms with Gasteiger partial charge in [-0.05, 0) is 55.0 Å². The van der Waals surface area contributed by atoms with Crippen LogP contribution in [0.4, 0.5) is 18.9 Å². The number of hydrogen-bond donors (Lipinski definition) is 0. The first-order valence-corrected chi connectivity index (χ1v) is 9.34. The Hall–Kier alpha value is -3.07. The Balaban J connectivity index is 1.49. The van der Waals surface area contributed by atoms with Crippen LogP contribution < -0.4 is 9.64 Å². The quantitative estimate of drug-likeness (QED) is 0.567. The molecule has 0 N–H and O–H groups in total. The number of alkyl halides is 3. The fourth-order valence-electron chi connectivity index (χ4n) is 3.24. The van der Waals surface area contributed by atoms with Gasteiger partial charge in [0.1, 0.15) is 5.75 Å². The maximum absolute atomic E-state index is 12.5. The molecule has 1 aromatic heterocycles. The largest absolute Gasteiger partial charge is 0.573 e. The molecule has 6 nitrogen and oxygen atoms in total. The van der Waals surface area contributed by atoms with Gasteiger partial charge in [-0.15, -0.1) is 13.2 Å². The van der Waals surface area contributed by atoms with Gasteiger partial charge in [-0.25, -0.2) is 0 Å². The molecule has 4 rings (SSSR count). The molecule has 1 aliphatic rings. The molecule has 1 fully saturated rings. The molecule has 0 aliphatic carbocycles. The summed E-state index contributed by atoms with van der Waals surface area (Å²) in [5.74, 6) is -0.193. The summed E-state index contributed by atoms with van der Waals surface area (Å²) in [6.45, 7) is 2.24. The van der Waals surface area contributed by atoms with Crippen LogP contribution in [0.25, 0.3) is 11.4 Å². The molecular formula is C20H15ClF3N3O3. The zero-order valence-corrected chi connectivity index (χ0v) is 16.4. The lowest BCUT2D eigenvalue weighted by molar-refractivity contribution is -0.274. The molecule has 0 saturated carbocycles. The number of carbonyl (C=O) groups is 1. The summed E-state index contributed by atoms with van der Waals surface area (Å²) >= 11 is 6.05. The number of benzene rings is 2. The second-order valence-electron chi connectivity index (χ2n) is 6.87. The van der Waals surface area contributed by atoms with Crippen molar-refractivity contribution in [1.29, 1.82) is 0 Å². The van der Waals surface area contributed by atoms with Gasteiger partial charge >= 0.3 is 6.36 Å². The minimum absolute atomic E-state index is 0.0740. The number of amides is 1. The van der Waals surface area contributed by atoms with Crippen molar-refractivity contribution in [2.24, 2.45) is 0 Å². The highest BCUT2D eigenvalue weighted by Gasteiger charge is 2.35. The van der Waals surface area contributed by atoms with Crippen molar-refractivity contribution in [3.8, 4) is 17.1 Å². The topological polar surface area (TPSA) is 68.5 Å². The van der Waals surface area contributed by atoms with E-state index in [1.807, 2.05) is 13.0 Å². The molecule has 0 bridgehead atoms. The first-order chi connectivity index (χ1) is 14.2. The highest BCUT2D eigenvalue weighted by Crippen LogP contribution is 2.33. The summed E-state index contributed by atoms with van der Waals surface area (Å²) in [5.41, 5.74) is 2.07. The maximum atomic E-state index is 12.5. The summed E-state index contributed by atoms with van der Waals surface area (Å²) in [5, 5.41) is 4.51. The van der Waals surface area contributed by atoms with E-state index >= 15 is 0 Å². The minimum Gasteiger partial charge on any atom is -0.406 e. The van der Waals surface area contributed by atoms with E-state index in [1.54, 1.807) is 17.0 Å². The van der Waals surface area contributed by atoms with Gasteiger partial charge in [0.05, 0.1) is 5.92 Å². The Labute approximate surface area is 174 Å². The third-order valence-corrected chi connectivity index (χ3v) is 5.14. The molecule has 1 atom stereocenters. The first-order valence-electron chi connectivity index (χ1n) is 8.96. The normalized spacial score (nSPS) is 16.9. The molecule has 2 heterocycles. The molecule has 2 aromatic carbocycles. The van der Waals surface area contributed by atoms with Gasteiger partial charge in [-0.3, -0.25) is 4.79 Å². The van der Waals surface area contributed by atoms with Crippen molar-refractivity contribution in [3.63, 3.8) is 0 Å². The van der Waals surface area contributed by atoms with Crippen LogP contribution in [-0.4, -0.2) is 29.0 Å². The summed E-state index contributed by atoms with van der Waals surface area (Å²) in [7, 11) is 0. The molecule has 156 valence electrons. The van der Waals surface area contributed by atoms with Gasteiger partial charge in [-0.1, -0.05) is 16.8 Å². The lowest BCUT2D eigenvalue weighted by Gasteiger charge is -2.17. The van der Waals surface area contributed by atoms with Crippen LogP contribution >= 0.6 is 11.6 Å². The number of ether oxygens (including phenoxy) is 1. The van der Waals surface area contributed by atoms with Crippen LogP contribution in [0.2, 0.25) is 5.02 Å². The van der Waals surface area contributed by atoms with Crippen molar-refractivity contribution < 1.29 is 27.2 Å². The molecule has 1 amide bonds. The molecule has 1 unspecified atom stereocenters. The fourth-order valence-corrected chi connectivity index (χ4v) is 3.36. The zero-order chi connectivity index (χ0) is 21.5. The predicted molar refractivity (Wildman–Crippen MR) is 102 cm³/mol. The summed E-state index contributed by atoms with van der Waals surface area (Å²) < 4.78 is 46.0. The second kappa shape index (κ2) is 7.64. The Morgan fingerprint density at radius 1 is 1.20 bits per heavy atom. The molecule has 30 heavy (non-hydrogen) atoms. The highest BCUT2D eigenvalue weighted by atomic mass is 35.5. The Bertz CT molecular complexity index is 1080. The Morgan fingerprint density at radius 2 is 1.93 bits per heavy atom. The Morgan fingerprint density at radius 3 is 2.60 bits per heavy atom. The van der Waals surface area contributed by atoms with Crippen molar-refractivity contribution in [3.05, 3.63) is 58.9 Å². The number of aryl methyl sites for hydroxylation is 1. The SMILES string of the molecule is Cc1cc(N2CC(c3nc(-c4ccc(OC(F)(F)F)cc4)no3)CC2=O)ccc1Cl. The standard InChI is InChI=1S/C20H15ClF3N3O3/c1-11-8-14(4-7-16(11)21)27-10-13(9-17(27)28)19-25-18(26-30-19)12-2-5-15(6-3-12)29-20(22,23)24/h2-8,13H,9-10H2,1H3. The number of anilines is 1. The maximum Gasteiger partial charge on any atom is 0.573 e. The lowest BCUT2D eigenvalue weighted by Crippen LogP contribution is -2.24. The van der Waals surface area contributed by atoms with Crippen molar-refractivity contribution >= 4 is 23.2 Å². The molecule has 3 aromatic rings. The smallest absolute Gasteiger partial charge is 0.406 e. The summed E-state index contributed by atoms with van der Waals surface area (Å²) in [6, 6.07) is 10.5. The number of hydrogen-bond acceptors (Lipinski definition) is 5. The van der Waals surface area contributed by atoms with Crippen LogP contribution in [0.15, 0.2) is 47.0 Å². The lowest BCUT2D eigenvalue weighted by atomic mass is 10.1. The molecule has 0 radical (unpaired) electrons. The predicted octanol–water partition coefficient (Wildman–Crippen LogP) is 5.12.